The van der Waals surface area contributed by atoms with E-state index < -0.39 is 16.8 Å². The maximum absolute atomic E-state index is 13.4. The van der Waals surface area contributed by atoms with Crippen molar-refractivity contribution < 1.29 is 13.9 Å². The molecule has 0 aliphatic heterocycles. The number of Topliss-reactive ketones (excluding diaryl/α,β-unsaturated/α-hetero) is 1. The Labute approximate surface area is 135 Å². The molecule has 1 aromatic rings. The third kappa shape index (κ3) is 2.38. The van der Waals surface area contributed by atoms with Gasteiger partial charge in [-0.25, -0.2) is 4.39 Å². The molecule has 1 saturated carbocycles. The first-order valence-corrected chi connectivity index (χ1v) is 7.82. The predicted molar refractivity (Wildman–Crippen MR) is 81.8 cm³/mol. The Morgan fingerprint density at radius 1 is 1.39 bits per heavy atom. The van der Waals surface area contributed by atoms with Crippen molar-refractivity contribution >= 4 is 5.78 Å². The van der Waals surface area contributed by atoms with Gasteiger partial charge < -0.3 is 4.74 Å². The normalized spacial score (nSPS) is 26.2. The second kappa shape index (κ2) is 5.54. The van der Waals surface area contributed by atoms with Crippen molar-refractivity contribution in [1.29, 1.82) is 5.26 Å². The third-order valence-electron chi connectivity index (χ3n) is 5.20. The number of nitrogens with zero attached hydrogens (tertiary/aromatic N) is 2. The molecule has 5 heteroatoms. The van der Waals surface area contributed by atoms with Crippen molar-refractivity contribution in [2.75, 3.05) is 7.11 Å². The van der Waals surface area contributed by atoms with Crippen molar-refractivity contribution in [3.63, 3.8) is 0 Å². The molecule has 0 aromatic carbocycles. The summed E-state index contributed by atoms with van der Waals surface area (Å²) < 4.78 is 19.2. The average Bonchev–Trinajstić information content (AvgIpc) is 2.99. The van der Waals surface area contributed by atoms with Crippen LogP contribution < -0.4 is 0 Å². The van der Waals surface area contributed by atoms with Crippen molar-refractivity contribution in [3.8, 4) is 6.07 Å². The van der Waals surface area contributed by atoms with Crippen molar-refractivity contribution in [3.05, 3.63) is 41.0 Å². The van der Waals surface area contributed by atoms with Gasteiger partial charge in [0.05, 0.1) is 17.5 Å². The van der Waals surface area contributed by atoms with Gasteiger partial charge in [0, 0.05) is 12.5 Å². The van der Waals surface area contributed by atoms with Crippen LogP contribution in [0, 0.1) is 29.5 Å². The maximum atomic E-state index is 13.4. The predicted octanol–water partition coefficient (Wildman–Crippen LogP) is 3.35. The molecule has 4 nitrogen and oxygen atoms in total. The Morgan fingerprint density at radius 3 is 2.65 bits per heavy atom. The zero-order valence-electron chi connectivity index (χ0n) is 13.4. The molecule has 1 fully saturated rings. The number of ether oxygens (including phenoxy) is 1. The number of carbonyl (C=O) groups is 1. The third-order valence-corrected chi connectivity index (χ3v) is 5.20. The first-order valence-electron chi connectivity index (χ1n) is 7.82. The van der Waals surface area contributed by atoms with Gasteiger partial charge >= 0.3 is 0 Å². The second-order valence-electron chi connectivity index (χ2n) is 6.58. The second-order valence-corrected chi connectivity index (χ2v) is 6.58. The zero-order valence-corrected chi connectivity index (χ0v) is 13.4. The number of hydrogen-bond acceptors (Lipinski definition) is 4. The molecule has 2 aliphatic carbocycles. The van der Waals surface area contributed by atoms with Crippen LogP contribution in [0.5, 0.6) is 0 Å². The molecular formula is C18H19FN2O2. The summed E-state index contributed by atoms with van der Waals surface area (Å²) in [5, 5.41) is 9.42. The van der Waals surface area contributed by atoms with Crippen molar-refractivity contribution in [2.24, 2.45) is 5.41 Å². The van der Waals surface area contributed by atoms with Crippen LogP contribution >= 0.6 is 0 Å². The lowest BCUT2D eigenvalue weighted by Crippen LogP contribution is -2.44. The van der Waals surface area contributed by atoms with E-state index in [1.54, 1.807) is 20.1 Å². The Kier molecular flexibility index (Phi) is 3.81. The number of halogens is 1. The van der Waals surface area contributed by atoms with E-state index >= 15 is 0 Å². The van der Waals surface area contributed by atoms with Crippen LogP contribution in [0.3, 0.4) is 0 Å². The van der Waals surface area contributed by atoms with E-state index in [9.17, 15) is 14.4 Å². The molecule has 23 heavy (non-hydrogen) atoms. The molecule has 0 amide bonds. The molecule has 0 bridgehead atoms. The molecule has 0 N–H and O–H groups in total. The highest BCUT2D eigenvalue weighted by molar-refractivity contribution is 6.04. The maximum Gasteiger partial charge on any atom is 0.179 e. The summed E-state index contributed by atoms with van der Waals surface area (Å²) in [5.41, 5.74) is -0.152. The van der Waals surface area contributed by atoms with E-state index in [0.717, 1.165) is 31.9 Å². The summed E-state index contributed by atoms with van der Waals surface area (Å²) >= 11 is 0. The topological polar surface area (TPSA) is 63.0 Å². The van der Waals surface area contributed by atoms with Gasteiger partial charge in [-0.2, -0.15) is 5.26 Å². The van der Waals surface area contributed by atoms with E-state index in [-0.39, 0.29) is 11.4 Å². The van der Waals surface area contributed by atoms with Crippen LogP contribution in [-0.2, 0) is 15.1 Å². The lowest BCUT2D eigenvalue weighted by atomic mass is 9.65. The Morgan fingerprint density at radius 2 is 2.09 bits per heavy atom. The summed E-state index contributed by atoms with van der Waals surface area (Å²) in [5.74, 6) is -0.491. The van der Waals surface area contributed by atoms with Crippen LogP contribution in [-0.4, -0.2) is 17.9 Å². The van der Waals surface area contributed by atoms with E-state index in [1.165, 1.54) is 6.07 Å². The van der Waals surface area contributed by atoms with Gasteiger partial charge in [0.2, 0.25) is 0 Å². The van der Waals surface area contributed by atoms with Crippen LogP contribution in [0.25, 0.3) is 0 Å². The molecule has 1 heterocycles. The quantitative estimate of drug-likeness (QED) is 0.840. The van der Waals surface area contributed by atoms with Crippen LogP contribution in [0.2, 0.25) is 0 Å². The summed E-state index contributed by atoms with van der Waals surface area (Å²) in [7, 11) is 1.55. The number of nitriles is 1. The van der Waals surface area contributed by atoms with Gasteiger partial charge in [0.15, 0.2) is 5.78 Å². The van der Waals surface area contributed by atoms with E-state index in [2.05, 4.69) is 4.98 Å². The number of methoxy groups -OCH3 is 1. The Balaban J connectivity index is 2.19. The first-order chi connectivity index (χ1) is 11.0. The minimum Gasteiger partial charge on any atom is -0.368 e. The molecule has 120 valence electrons. The van der Waals surface area contributed by atoms with E-state index in [4.69, 9.17) is 4.74 Å². The summed E-state index contributed by atoms with van der Waals surface area (Å²) in [6.45, 7) is 1.77. The fourth-order valence-electron chi connectivity index (χ4n) is 4.12. The SMILES string of the molecule is COC1(c2ncc(F)cc2C)C=C(C#N)C(=O)C2(CCCC2)C1. The zero-order chi connectivity index (χ0) is 16.7. The van der Waals surface area contributed by atoms with Gasteiger partial charge in [-0.1, -0.05) is 12.8 Å². The number of ketones is 1. The number of allylic oxidation sites excluding steroid dienone is 1. The van der Waals surface area contributed by atoms with E-state index in [1.807, 2.05) is 6.07 Å². The molecule has 3 rings (SSSR count). The largest absolute Gasteiger partial charge is 0.368 e. The highest BCUT2D eigenvalue weighted by Crippen LogP contribution is 2.53. The molecule has 1 unspecified atom stereocenters. The fraction of sp³-hybridized carbons (Fsp3) is 0.500. The molecule has 1 atom stereocenters. The summed E-state index contributed by atoms with van der Waals surface area (Å²) in [6.07, 6.45) is 6.65. The Bertz CT molecular complexity index is 729. The van der Waals surface area contributed by atoms with Crippen molar-refractivity contribution in [2.45, 2.75) is 44.6 Å². The van der Waals surface area contributed by atoms with Gasteiger partial charge in [-0.15, -0.1) is 0 Å². The standard InChI is InChI=1S/C18H19FN2O2/c1-12-7-14(19)10-21-15(12)18(23-2)8-13(9-20)16(22)17(11-18)5-3-4-6-17/h7-8,10H,3-6,11H2,1-2H3. The van der Waals surface area contributed by atoms with Crippen LogP contribution in [0.4, 0.5) is 4.39 Å². The molecular weight excluding hydrogens is 295 g/mol. The van der Waals surface area contributed by atoms with Gasteiger partial charge in [0.25, 0.3) is 0 Å². The van der Waals surface area contributed by atoms with Gasteiger partial charge in [-0.05, 0) is 43.9 Å². The summed E-state index contributed by atoms with van der Waals surface area (Å²) in [6, 6.07) is 3.43. The number of rotatable bonds is 2. The molecule has 1 aromatic heterocycles. The van der Waals surface area contributed by atoms with E-state index in [0.29, 0.717) is 17.7 Å². The molecule has 0 radical (unpaired) electrons. The minimum absolute atomic E-state index is 0.0788. The number of aromatic nitrogens is 1. The smallest absolute Gasteiger partial charge is 0.179 e. The lowest BCUT2D eigenvalue weighted by molar-refractivity contribution is -0.131. The average molecular weight is 314 g/mol. The first kappa shape index (κ1) is 15.8. The molecule has 2 aliphatic rings. The van der Waals surface area contributed by atoms with Gasteiger partial charge in [0.1, 0.15) is 17.5 Å². The summed E-state index contributed by atoms with van der Waals surface area (Å²) in [4.78, 5) is 17.0. The van der Waals surface area contributed by atoms with Crippen LogP contribution in [0.15, 0.2) is 23.9 Å². The molecule has 1 spiro atoms. The number of carbonyl (C=O) groups excluding carboxylic acids is 1. The lowest BCUT2D eigenvalue weighted by Gasteiger charge is -2.42. The number of pyridine rings is 1. The Hall–Kier alpha value is -2.06. The van der Waals surface area contributed by atoms with Gasteiger partial charge in [-0.3, -0.25) is 9.78 Å². The molecule has 0 saturated heterocycles. The number of aryl methyl sites for hydroxylation is 1. The number of hydrogen-bond donors (Lipinski definition) is 0. The minimum atomic E-state index is -0.957. The highest BCUT2D eigenvalue weighted by Gasteiger charge is 2.53. The fourth-order valence-corrected chi connectivity index (χ4v) is 4.12. The van der Waals surface area contributed by atoms with Crippen molar-refractivity contribution in [1.82, 2.24) is 4.98 Å². The monoisotopic (exact) mass is 314 g/mol. The van der Waals surface area contributed by atoms with Crippen LogP contribution in [0.1, 0.15) is 43.4 Å². The highest BCUT2D eigenvalue weighted by atomic mass is 19.1.